The molecule has 0 aliphatic heterocycles. The van der Waals surface area contributed by atoms with E-state index >= 15 is 0 Å². The van der Waals surface area contributed by atoms with Crippen molar-refractivity contribution in [2.24, 2.45) is 0 Å². The van der Waals surface area contributed by atoms with Crippen LogP contribution in [0.5, 0.6) is 5.75 Å². The number of alkyl halides is 1. The van der Waals surface area contributed by atoms with E-state index in [0.717, 1.165) is 36.0 Å². The van der Waals surface area contributed by atoms with E-state index < -0.39 is 0 Å². The highest BCUT2D eigenvalue weighted by molar-refractivity contribution is 9.09. The van der Waals surface area contributed by atoms with E-state index in [1.165, 1.54) is 12.8 Å². The molecular formula is C16H22BrNO2. The molecule has 1 aromatic rings. The average Bonchev–Trinajstić information content (AvgIpc) is 2.98. The second-order valence-electron chi connectivity index (χ2n) is 5.24. The predicted molar refractivity (Wildman–Crippen MR) is 84.5 cm³/mol. The summed E-state index contributed by atoms with van der Waals surface area (Å²) in [6.07, 6.45) is 5.25. The van der Waals surface area contributed by atoms with Crippen molar-refractivity contribution in [2.45, 2.75) is 38.1 Å². The molecule has 3 nitrogen and oxygen atoms in total. The summed E-state index contributed by atoms with van der Waals surface area (Å²) in [6, 6.07) is 8.21. The fraction of sp³-hybridized carbons (Fsp3) is 0.562. The lowest BCUT2D eigenvalue weighted by Crippen LogP contribution is -2.41. The summed E-state index contributed by atoms with van der Waals surface area (Å²) in [5, 5.41) is 0.841. The SMILES string of the molecule is COc1cccc(CC(=O)N(CCBr)C2CCCC2)c1. The van der Waals surface area contributed by atoms with Gasteiger partial charge in [0.2, 0.25) is 5.91 Å². The Kier molecular flexibility index (Phi) is 5.89. The van der Waals surface area contributed by atoms with Gasteiger partial charge in [0, 0.05) is 17.9 Å². The molecule has 0 unspecified atom stereocenters. The maximum atomic E-state index is 12.6. The van der Waals surface area contributed by atoms with E-state index in [1.54, 1.807) is 7.11 Å². The fourth-order valence-corrected chi connectivity index (χ4v) is 3.26. The fourth-order valence-electron chi connectivity index (χ4n) is 2.88. The maximum absolute atomic E-state index is 12.6. The largest absolute Gasteiger partial charge is 0.497 e. The molecule has 0 saturated heterocycles. The van der Waals surface area contributed by atoms with E-state index in [2.05, 4.69) is 20.8 Å². The Morgan fingerprint density at radius 1 is 1.40 bits per heavy atom. The smallest absolute Gasteiger partial charge is 0.227 e. The number of hydrogen-bond donors (Lipinski definition) is 0. The van der Waals surface area contributed by atoms with Gasteiger partial charge in [-0.3, -0.25) is 4.79 Å². The first-order chi connectivity index (χ1) is 9.74. The highest BCUT2D eigenvalue weighted by atomic mass is 79.9. The third kappa shape index (κ3) is 3.98. The summed E-state index contributed by atoms with van der Waals surface area (Å²) in [6.45, 7) is 0.799. The first kappa shape index (κ1) is 15.4. The third-order valence-corrected chi connectivity index (χ3v) is 4.26. The first-order valence-corrected chi connectivity index (χ1v) is 8.35. The molecular weight excluding hydrogens is 318 g/mol. The summed E-state index contributed by atoms with van der Waals surface area (Å²) in [5.74, 6) is 1.04. The standard InChI is InChI=1S/C16H22BrNO2/c1-20-15-8-4-5-13(11-15)12-16(19)18(10-9-17)14-6-2-3-7-14/h4-5,8,11,14H,2-3,6-7,9-10,12H2,1H3. The molecule has 4 heteroatoms. The van der Waals surface area contributed by atoms with Gasteiger partial charge in [0.25, 0.3) is 0 Å². The molecule has 1 aliphatic rings. The zero-order chi connectivity index (χ0) is 14.4. The van der Waals surface area contributed by atoms with Crippen LogP contribution in [0.3, 0.4) is 0 Å². The molecule has 0 N–H and O–H groups in total. The molecule has 1 saturated carbocycles. The summed E-state index contributed by atoms with van der Waals surface area (Å²) >= 11 is 3.46. The predicted octanol–water partition coefficient (Wildman–Crippen LogP) is 3.40. The summed E-state index contributed by atoms with van der Waals surface area (Å²) in [5.41, 5.74) is 1.02. The van der Waals surface area contributed by atoms with Crippen LogP contribution in [0.2, 0.25) is 0 Å². The first-order valence-electron chi connectivity index (χ1n) is 7.23. The number of ether oxygens (including phenoxy) is 1. The Morgan fingerprint density at radius 3 is 2.80 bits per heavy atom. The molecule has 1 aliphatic carbocycles. The molecule has 0 bridgehead atoms. The second kappa shape index (κ2) is 7.67. The lowest BCUT2D eigenvalue weighted by atomic mass is 10.1. The van der Waals surface area contributed by atoms with Crippen molar-refractivity contribution in [3.8, 4) is 5.75 Å². The van der Waals surface area contributed by atoms with E-state index in [0.29, 0.717) is 12.5 Å². The molecule has 0 spiro atoms. The van der Waals surface area contributed by atoms with Crippen molar-refractivity contribution in [1.82, 2.24) is 4.90 Å². The van der Waals surface area contributed by atoms with Crippen LogP contribution >= 0.6 is 15.9 Å². The lowest BCUT2D eigenvalue weighted by Gasteiger charge is -2.28. The van der Waals surface area contributed by atoms with Gasteiger partial charge in [-0.15, -0.1) is 0 Å². The number of rotatable bonds is 6. The Balaban J connectivity index is 2.03. The van der Waals surface area contributed by atoms with Crippen molar-refractivity contribution in [2.75, 3.05) is 19.0 Å². The average molecular weight is 340 g/mol. The van der Waals surface area contributed by atoms with Gasteiger partial charge in [-0.1, -0.05) is 40.9 Å². The number of halogens is 1. The minimum atomic E-state index is 0.226. The van der Waals surface area contributed by atoms with Crippen LogP contribution in [0.25, 0.3) is 0 Å². The molecule has 0 atom stereocenters. The molecule has 0 radical (unpaired) electrons. The van der Waals surface area contributed by atoms with Gasteiger partial charge in [-0.25, -0.2) is 0 Å². The molecule has 20 heavy (non-hydrogen) atoms. The van der Waals surface area contributed by atoms with Crippen LogP contribution in [0.15, 0.2) is 24.3 Å². The molecule has 0 aromatic heterocycles. The minimum Gasteiger partial charge on any atom is -0.497 e. The van der Waals surface area contributed by atoms with Crippen molar-refractivity contribution in [1.29, 1.82) is 0 Å². The number of carbonyl (C=O) groups excluding carboxylic acids is 1. The summed E-state index contributed by atoms with van der Waals surface area (Å²) in [4.78, 5) is 14.6. The molecule has 0 heterocycles. The van der Waals surface area contributed by atoms with E-state index in [-0.39, 0.29) is 5.91 Å². The monoisotopic (exact) mass is 339 g/mol. The summed E-state index contributed by atoms with van der Waals surface area (Å²) in [7, 11) is 1.65. The topological polar surface area (TPSA) is 29.5 Å². The third-order valence-electron chi connectivity index (χ3n) is 3.90. The van der Waals surface area contributed by atoms with Crippen LogP contribution < -0.4 is 4.74 Å². The number of carbonyl (C=O) groups is 1. The van der Waals surface area contributed by atoms with Crippen LogP contribution in [-0.4, -0.2) is 35.8 Å². The zero-order valence-corrected chi connectivity index (χ0v) is 13.6. The van der Waals surface area contributed by atoms with Crippen LogP contribution in [0, 0.1) is 0 Å². The molecule has 1 aromatic carbocycles. The lowest BCUT2D eigenvalue weighted by molar-refractivity contribution is -0.132. The van der Waals surface area contributed by atoms with Gasteiger partial charge >= 0.3 is 0 Å². The quantitative estimate of drug-likeness (QED) is 0.743. The maximum Gasteiger partial charge on any atom is 0.227 e. The Bertz CT molecular complexity index is 444. The molecule has 110 valence electrons. The van der Waals surface area contributed by atoms with Gasteiger partial charge in [-0.2, -0.15) is 0 Å². The van der Waals surface area contributed by atoms with Crippen LogP contribution in [0.1, 0.15) is 31.2 Å². The van der Waals surface area contributed by atoms with Gasteiger partial charge in [-0.05, 0) is 30.5 Å². The normalized spacial score (nSPS) is 15.3. The number of hydrogen-bond acceptors (Lipinski definition) is 2. The van der Waals surface area contributed by atoms with Gasteiger partial charge in [0.1, 0.15) is 5.75 Å². The van der Waals surface area contributed by atoms with Crippen molar-refractivity contribution in [3.05, 3.63) is 29.8 Å². The van der Waals surface area contributed by atoms with Crippen LogP contribution in [-0.2, 0) is 11.2 Å². The van der Waals surface area contributed by atoms with Gasteiger partial charge in [0.15, 0.2) is 0 Å². The molecule has 1 amide bonds. The van der Waals surface area contributed by atoms with E-state index in [1.807, 2.05) is 24.3 Å². The Hall–Kier alpha value is -1.03. The molecule has 1 fully saturated rings. The Morgan fingerprint density at radius 2 is 2.15 bits per heavy atom. The zero-order valence-electron chi connectivity index (χ0n) is 12.0. The summed E-state index contributed by atoms with van der Waals surface area (Å²) < 4.78 is 5.21. The Labute approximate surface area is 129 Å². The van der Waals surface area contributed by atoms with Crippen LogP contribution in [0.4, 0.5) is 0 Å². The highest BCUT2D eigenvalue weighted by Crippen LogP contribution is 2.24. The highest BCUT2D eigenvalue weighted by Gasteiger charge is 2.25. The van der Waals surface area contributed by atoms with Crippen molar-refractivity contribution >= 4 is 21.8 Å². The van der Waals surface area contributed by atoms with E-state index in [4.69, 9.17) is 4.74 Å². The number of benzene rings is 1. The van der Waals surface area contributed by atoms with Gasteiger partial charge < -0.3 is 9.64 Å². The number of nitrogens with zero attached hydrogens (tertiary/aromatic N) is 1. The molecule has 2 rings (SSSR count). The van der Waals surface area contributed by atoms with E-state index in [9.17, 15) is 4.79 Å². The second-order valence-corrected chi connectivity index (χ2v) is 6.04. The minimum absolute atomic E-state index is 0.226. The van der Waals surface area contributed by atoms with Gasteiger partial charge in [0.05, 0.1) is 13.5 Å². The van der Waals surface area contributed by atoms with Crippen molar-refractivity contribution < 1.29 is 9.53 Å². The number of amides is 1. The van der Waals surface area contributed by atoms with Crippen molar-refractivity contribution in [3.63, 3.8) is 0 Å². The number of methoxy groups -OCH3 is 1.